The van der Waals surface area contributed by atoms with Crippen molar-refractivity contribution < 1.29 is 29.0 Å². The highest BCUT2D eigenvalue weighted by atomic mass is 16.5. The summed E-state index contributed by atoms with van der Waals surface area (Å²) in [5.74, 6) is 0.601. The average molecular weight is 567 g/mol. The molecular weight excluding hydrogens is 524 g/mol. The van der Waals surface area contributed by atoms with Gasteiger partial charge in [-0.3, -0.25) is 9.59 Å². The maximum Gasteiger partial charge on any atom is 0.321 e. The summed E-state index contributed by atoms with van der Waals surface area (Å²) in [6.07, 6.45) is 4.57. The van der Waals surface area contributed by atoms with Crippen LogP contribution in [0.2, 0.25) is 0 Å². The minimum atomic E-state index is -0.440. The molecule has 10 nitrogen and oxygen atoms in total. The predicted molar refractivity (Wildman–Crippen MR) is 157 cm³/mol. The van der Waals surface area contributed by atoms with Crippen molar-refractivity contribution in [2.24, 2.45) is 11.8 Å². The molecule has 222 valence electrons. The van der Waals surface area contributed by atoms with E-state index in [1.54, 1.807) is 73.3 Å². The van der Waals surface area contributed by atoms with Crippen LogP contribution in [-0.4, -0.2) is 78.8 Å². The molecule has 1 fully saturated rings. The van der Waals surface area contributed by atoms with E-state index in [1.165, 1.54) is 0 Å². The average Bonchev–Trinajstić information content (AvgIpc) is 2.99. The second-order valence-electron chi connectivity index (χ2n) is 11.2. The van der Waals surface area contributed by atoms with Crippen molar-refractivity contribution in [2.75, 3.05) is 44.5 Å². The van der Waals surface area contributed by atoms with Gasteiger partial charge in [0.2, 0.25) is 5.91 Å². The monoisotopic (exact) mass is 566 g/mol. The molecule has 0 unspecified atom stereocenters. The highest BCUT2D eigenvalue weighted by Crippen LogP contribution is 2.32. The summed E-state index contributed by atoms with van der Waals surface area (Å²) in [7, 11) is 3.28. The summed E-state index contributed by atoms with van der Waals surface area (Å²) in [6.45, 7) is 4.16. The van der Waals surface area contributed by atoms with Crippen LogP contribution in [-0.2, 0) is 4.79 Å². The number of ether oxygens (including phenoxy) is 2. The number of nitrogens with one attached hydrogen (secondary N) is 2. The third-order valence-electron chi connectivity index (χ3n) is 8.05. The fourth-order valence-electron chi connectivity index (χ4n) is 5.37. The van der Waals surface area contributed by atoms with Crippen LogP contribution in [0.1, 0.15) is 56.3 Å². The number of urea groups is 1. The van der Waals surface area contributed by atoms with Crippen molar-refractivity contribution in [3.8, 4) is 11.5 Å². The van der Waals surface area contributed by atoms with Crippen molar-refractivity contribution in [3.63, 3.8) is 0 Å². The molecule has 4 amide bonds. The Kier molecular flexibility index (Phi) is 10.1. The molecule has 0 saturated heterocycles. The summed E-state index contributed by atoms with van der Waals surface area (Å²) in [6, 6.07) is 11.4. The van der Waals surface area contributed by atoms with Crippen molar-refractivity contribution >= 4 is 29.2 Å². The van der Waals surface area contributed by atoms with Gasteiger partial charge >= 0.3 is 6.03 Å². The molecule has 2 aromatic carbocycles. The van der Waals surface area contributed by atoms with Crippen LogP contribution in [0.5, 0.6) is 11.5 Å². The van der Waals surface area contributed by atoms with Gasteiger partial charge in [0, 0.05) is 36.8 Å². The van der Waals surface area contributed by atoms with Gasteiger partial charge in [-0.1, -0.05) is 26.2 Å². The lowest BCUT2D eigenvalue weighted by Gasteiger charge is -2.38. The van der Waals surface area contributed by atoms with Gasteiger partial charge in [0.15, 0.2) is 0 Å². The summed E-state index contributed by atoms with van der Waals surface area (Å²) in [5.41, 5.74) is 1.49. The van der Waals surface area contributed by atoms with Gasteiger partial charge in [-0.25, -0.2) is 4.79 Å². The molecule has 2 aliphatic rings. The van der Waals surface area contributed by atoms with Crippen LogP contribution < -0.4 is 20.1 Å². The number of fused-ring (bicyclic) bond motifs is 1. The van der Waals surface area contributed by atoms with Gasteiger partial charge in [0.1, 0.15) is 17.6 Å². The Hall–Kier alpha value is -3.79. The summed E-state index contributed by atoms with van der Waals surface area (Å²) in [4.78, 5) is 42.8. The van der Waals surface area contributed by atoms with E-state index in [2.05, 4.69) is 10.6 Å². The second kappa shape index (κ2) is 13.7. The number of hydrogen-bond acceptors (Lipinski definition) is 6. The van der Waals surface area contributed by atoms with Gasteiger partial charge in [-0.05, 0) is 62.2 Å². The van der Waals surface area contributed by atoms with Gasteiger partial charge in [0.25, 0.3) is 5.91 Å². The van der Waals surface area contributed by atoms with E-state index in [-0.39, 0.29) is 42.8 Å². The zero-order valence-corrected chi connectivity index (χ0v) is 24.4. The first kappa shape index (κ1) is 30.2. The van der Waals surface area contributed by atoms with Crippen LogP contribution in [0.4, 0.5) is 16.2 Å². The van der Waals surface area contributed by atoms with Crippen molar-refractivity contribution in [2.45, 2.75) is 58.1 Å². The Morgan fingerprint density at radius 3 is 2.44 bits per heavy atom. The van der Waals surface area contributed by atoms with E-state index in [4.69, 9.17) is 9.47 Å². The number of hydrogen-bond donors (Lipinski definition) is 3. The molecule has 3 atom stereocenters. The van der Waals surface area contributed by atoms with E-state index in [1.807, 2.05) is 6.92 Å². The molecule has 41 heavy (non-hydrogen) atoms. The van der Waals surface area contributed by atoms with E-state index >= 15 is 0 Å². The number of nitrogens with zero attached hydrogens (tertiary/aromatic N) is 2. The molecule has 0 radical (unpaired) electrons. The van der Waals surface area contributed by atoms with E-state index in [0.29, 0.717) is 35.0 Å². The molecular formula is C31H42N4O6. The van der Waals surface area contributed by atoms with Gasteiger partial charge < -0.3 is 35.0 Å². The number of aliphatic hydroxyl groups is 1. The minimum Gasteiger partial charge on any atom is -0.497 e. The van der Waals surface area contributed by atoms with E-state index < -0.39 is 12.1 Å². The minimum absolute atomic E-state index is 0.0200. The van der Waals surface area contributed by atoms with Crippen LogP contribution in [0.25, 0.3) is 0 Å². The lowest BCUT2D eigenvalue weighted by Crippen LogP contribution is -2.50. The molecule has 4 rings (SSSR count). The molecule has 10 heteroatoms. The highest BCUT2D eigenvalue weighted by molar-refractivity contribution is 6.00. The molecule has 1 heterocycles. The summed E-state index contributed by atoms with van der Waals surface area (Å²) < 4.78 is 11.6. The maximum absolute atomic E-state index is 13.7. The topological polar surface area (TPSA) is 120 Å². The Bertz CT molecular complexity index is 1210. The number of aliphatic hydroxyl groups excluding tert-OH is 1. The lowest BCUT2D eigenvalue weighted by atomic mass is 9.88. The number of likely N-dealkylation sites (N-methyl/N-ethyl adjacent to an activating group) is 1. The molecule has 1 saturated carbocycles. The fourth-order valence-corrected chi connectivity index (χ4v) is 5.37. The number of benzene rings is 2. The molecule has 1 aliphatic carbocycles. The van der Waals surface area contributed by atoms with Crippen molar-refractivity contribution in [1.82, 2.24) is 9.80 Å². The summed E-state index contributed by atoms with van der Waals surface area (Å²) >= 11 is 0. The first-order chi connectivity index (χ1) is 19.7. The smallest absolute Gasteiger partial charge is 0.321 e. The Balaban J connectivity index is 1.53. The third-order valence-corrected chi connectivity index (χ3v) is 8.05. The van der Waals surface area contributed by atoms with Crippen LogP contribution in [0.15, 0.2) is 42.5 Å². The molecule has 0 bridgehead atoms. The molecule has 0 spiro atoms. The van der Waals surface area contributed by atoms with Gasteiger partial charge in [-0.2, -0.15) is 0 Å². The largest absolute Gasteiger partial charge is 0.497 e. The SMILES string of the molecule is COc1ccc(NC(=O)N(C)C[C@H]2Oc3ccc(NC(=O)C4CCCCC4)cc3C(=O)N([C@@H](C)CO)C[C@@H]2C)cc1. The number of rotatable bonds is 8. The molecule has 1 aliphatic heterocycles. The van der Waals surface area contributed by atoms with Crippen molar-refractivity contribution in [1.29, 1.82) is 0 Å². The lowest BCUT2D eigenvalue weighted by molar-refractivity contribution is -0.120. The number of amides is 4. The van der Waals surface area contributed by atoms with Crippen LogP contribution in [0.3, 0.4) is 0 Å². The van der Waals surface area contributed by atoms with E-state index in [9.17, 15) is 19.5 Å². The standard InChI is InChI=1S/C31H42N4O6/c1-20-17-35(21(2)19-36)30(38)26-16-24(32-29(37)22-8-6-5-7-9-22)12-15-27(26)41-28(20)18-34(3)31(39)33-23-10-13-25(40-4)14-11-23/h10-16,20-22,28,36H,5-9,17-19H2,1-4H3,(H,32,37)(H,33,39)/t20-,21-,28+/m0/s1. The highest BCUT2D eigenvalue weighted by Gasteiger charge is 2.34. The molecule has 2 aromatic rings. The fraction of sp³-hybridized carbons (Fsp3) is 0.516. The second-order valence-corrected chi connectivity index (χ2v) is 11.2. The number of carbonyl (C=O) groups is 3. The predicted octanol–water partition coefficient (Wildman–Crippen LogP) is 4.60. The number of carbonyl (C=O) groups excluding carboxylic acids is 3. The number of anilines is 2. The van der Waals surface area contributed by atoms with Crippen molar-refractivity contribution in [3.05, 3.63) is 48.0 Å². The third kappa shape index (κ3) is 7.49. The maximum atomic E-state index is 13.7. The van der Waals surface area contributed by atoms with E-state index in [0.717, 1.165) is 32.1 Å². The van der Waals surface area contributed by atoms with Gasteiger partial charge in [0.05, 0.1) is 31.9 Å². The first-order valence-corrected chi connectivity index (χ1v) is 14.4. The summed E-state index contributed by atoms with van der Waals surface area (Å²) in [5, 5.41) is 15.8. The van der Waals surface area contributed by atoms with Crippen LogP contribution >= 0.6 is 0 Å². The first-order valence-electron chi connectivity index (χ1n) is 14.4. The Morgan fingerprint density at radius 2 is 1.78 bits per heavy atom. The molecule has 3 N–H and O–H groups in total. The normalized spacial score (nSPS) is 20.1. The Morgan fingerprint density at radius 1 is 1.10 bits per heavy atom. The van der Waals surface area contributed by atoms with Crippen LogP contribution in [0, 0.1) is 11.8 Å². The molecule has 0 aromatic heterocycles. The van der Waals surface area contributed by atoms with Gasteiger partial charge in [-0.15, -0.1) is 0 Å². The Labute approximate surface area is 242 Å². The number of methoxy groups -OCH3 is 1. The zero-order chi connectivity index (χ0) is 29.5. The zero-order valence-electron chi connectivity index (χ0n) is 24.4. The quantitative estimate of drug-likeness (QED) is 0.430.